The fraction of sp³-hybridized carbons (Fsp3) is 0.800. The summed E-state index contributed by atoms with van der Waals surface area (Å²) in [5.41, 5.74) is 0. The van der Waals surface area contributed by atoms with Crippen molar-refractivity contribution in [3.63, 3.8) is 0 Å². The first kappa shape index (κ1) is 11.6. The van der Waals surface area contributed by atoms with Gasteiger partial charge in [-0.2, -0.15) is 0 Å². The molecule has 0 aliphatic carbocycles. The van der Waals surface area contributed by atoms with E-state index in [-0.39, 0.29) is 17.1 Å². The van der Waals surface area contributed by atoms with Crippen LogP contribution in [0.1, 0.15) is 13.8 Å². The minimum atomic E-state index is -0.838. The zero-order valence-corrected chi connectivity index (χ0v) is 6.78. The molecule has 0 atom stereocenters. The van der Waals surface area contributed by atoms with Crippen LogP contribution in [0.3, 0.4) is 0 Å². The van der Waals surface area contributed by atoms with Crippen molar-refractivity contribution in [3.05, 3.63) is 0 Å². The van der Waals surface area contributed by atoms with Gasteiger partial charge in [0.15, 0.2) is 0 Å². The molecule has 1 radical (unpaired) electrons. The van der Waals surface area contributed by atoms with E-state index in [1.165, 1.54) is 4.90 Å². The van der Waals surface area contributed by atoms with E-state index in [9.17, 15) is 4.79 Å². The third kappa shape index (κ3) is 4.30. The van der Waals surface area contributed by atoms with Gasteiger partial charge in [0, 0.05) is 30.2 Å². The van der Waals surface area contributed by atoms with Crippen molar-refractivity contribution < 1.29 is 27.0 Å². The van der Waals surface area contributed by atoms with Crippen molar-refractivity contribution in [2.75, 3.05) is 13.1 Å². The Morgan fingerprint density at radius 2 is 1.78 bits per heavy atom. The maximum Gasteiger partial charge on any atom is 0.407 e. The van der Waals surface area contributed by atoms with Gasteiger partial charge in [-0.1, -0.05) is 0 Å². The summed E-state index contributed by atoms with van der Waals surface area (Å²) in [7, 11) is 0. The van der Waals surface area contributed by atoms with Crippen LogP contribution in [0.25, 0.3) is 0 Å². The summed E-state index contributed by atoms with van der Waals surface area (Å²) in [5.74, 6) is 0. The van der Waals surface area contributed by atoms with Crippen LogP contribution >= 0.6 is 0 Å². The van der Waals surface area contributed by atoms with E-state index < -0.39 is 6.09 Å². The van der Waals surface area contributed by atoms with Crippen molar-refractivity contribution in [1.82, 2.24) is 4.90 Å². The molecular weight excluding hydrogens is 161 g/mol. The smallest absolute Gasteiger partial charge is 0.407 e. The molecule has 0 aliphatic heterocycles. The second-order valence-corrected chi connectivity index (χ2v) is 1.45. The first-order chi connectivity index (χ1) is 3.72. The van der Waals surface area contributed by atoms with E-state index in [2.05, 4.69) is 0 Å². The van der Waals surface area contributed by atoms with Gasteiger partial charge in [-0.3, -0.25) is 0 Å². The molecule has 4 heteroatoms. The summed E-state index contributed by atoms with van der Waals surface area (Å²) in [5, 5.41) is 8.30. The van der Waals surface area contributed by atoms with Crippen molar-refractivity contribution in [1.29, 1.82) is 0 Å². The van der Waals surface area contributed by atoms with E-state index in [1.54, 1.807) is 0 Å². The molecule has 55 valence electrons. The maximum atomic E-state index is 10.1. The Hall–Kier alpha value is -0.211. The number of hydrogen-bond acceptors (Lipinski definition) is 1. The van der Waals surface area contributed by atoms with Crippen LogP contribution in [-0.2, 0) is 17.1 Å². The van der Waals surface area contributed by atoms with Gasteiger partial charge in [-0.15, -0.1) is 0 Å². The average Bonchev–Trinajstić information content (AvgIpc) is 1.69. The molecule has 0 aliphatic rings. The molecule has 0 aromatic rings. The van der Waals surface area contributed by atoms with Gasteiger partial charge in [0.05, 0.1) is 0 Å². The molecule has 1 amide bonds. The predicted octanol–water partition coefficient (Wildman–Crippen LogP) is 1.00. The zero-order valence-electron chi connectivity index (χ0n) is 5.59. The molecule has 9 heavy (non-hydrogen) atoms. The van der Waals surface area contributed by atoms with Crippen molar-refractivity contribution in [3.8, 4) is 0 Å². The van der Waals surface area contributed by atoms with Gasteiger partial charge >= 0.3 is 6.09 Å². The molecule has 0 fully saturated rings. The number of carbonyl (C=O) groups is 1. The Morgan fingerprint density at radius 1 is 1.44 bits per heavy atom. The van der Waals surface area contributed by atoms with Crippen molar-refractivity contribution in [2.24, 2.45) is 0 Å². The van der Waals surface area contributed by atoms with E-state index in [0.29, 0.717) is 13.1 Å². The number of hydrogen-bond donors (Lipinski definition) is 1. The first-order valence-electron chi connectivity index (χ1n) is 2.70. The monoisotopic (exact) mass is 172 g/mol. The molecule has 0 rings (SSSR count). The zero-order chi connectivity index (χ0) is 6.57. The SMILES string of the molecule is CCN(CC)C(=O)O.[Mn]. The number of amides is 1. The minimum absolute atomic E-state index is 0. The molecule has 3 nitrogen and oxygen atoms in total. The summed E-state index contributed by atoms with van der Waals surface area (Å²) >= 11 is 0. The first-order valence-corrected chi connectivity index (χ1v) is 2.70. The standard InChI is InChI=1S/C5H11NO2.Mn/c1-3-6(4-2)5(7)8;/h3-4H2,1-2H3,(H,7,8);. The molecule has 0 unspecified atom stereocenters. The van der Waals surface area contributed by atoms with Crippen LogP contribution in [0.15, 0.2) is 0 Å². The molecule has 0 spiro atoms. The van der Waals surface area contributed by atoms with Gasteiger partial charge < -0.3 is 10.0 Å². The van der Waals surface area contributed by atoms with Gasteiger partial charge in [0.2, 0.25) is 0 Å². The predicted molar refractivity (Wildman–Crippen MR) is 30.9 cm³/mol. The average molecular weight is 172 g/mol. The molecular formula is C5H11MnNO2. The normalized spacial score (nSPS) is 7.78. The summed E-state index contributed by atoms with van der Waals surface area (Å²) in [4.78, 5) is 11.4. The fourth-order valence-electron chi connectivity index (χ4n) is 0.494. The second kappa shape index (κ2) is 5.92. The molecule has 0 heterocycles. The Morgan fingerprint density at radius 3 is 1.78 bits per heavy atom. The molecule has 0 aromatic carbocycles. The fourth-order valence-corrected chi connectivity index (χ4v) is 0.494. The van der Waals surface area contributed by atoms with Gasteiger partial charge in [0.1, 0.15) is 0 Å². The molecule has 0 aromatic heterocycles. The molecule has 1 N–H and O–H groups in total. The van der Waals surface area contributed by atoms with Crippen molar-refractivity contribution >= 4 is 6.09 Å². The van der Waals surface area contributed by atoms with Gasteiger partial charge in [-0.25, -0.2) is 4.79 Å². The summed E-state index contributed by atoms with van der Waals surface area (Å²) < 4.78 is 0. The van der Waals surface area contributed by atoms with Gasteiger partial charge in [0.25, 0.3) is 0 Å². The Labute approximate surface area is 65.5 Å². The van der Waals surface area contributed by atoms with Crippen LogP contribution in [0.4, 0.5) is 4.79 Å². The minimum Gasteiger partial charge on any atom is -0.465 e. The summed E-state index contributed by atoms with van der Waals surface area (Å²) in [6.45, 7) is 4.78. The summed E-state index contributed by atoms with van der Waals surface area (Å²) in [6.07, 6.45) is -0.838. The van der Waals surface area contributed by atoms with E-state index in [0.717, 1.165) is 0 Å². The Bertz CT molecular complexity index is 83.0. The largest absolute Gasteiger partial charge is 0.465 e. The second-order valence-electron chi connectivity index (χ2n) is 1.45. The number of nitrogens with zero attached hydrogens (tertiary/aromatic N) is 1. The van der Waals surface area contributed by atoms with Crippen LogP contribution < -0.4 is 0 Å². The quantitative estimate of drug-likeness (QED) is 0.631. The van der Waals surface area contributed by atoms with Gasteiger partial charge in [-0.05, 0) is 13.8 Å². The molecule has 0 saturated carbocycles. The van der Waals surface area contributed by atoms with Crippen LogP contribution in [-0.4, -0.2) is 29.2 Å². The van der Waals surface area contributed by atoms with E-state index >= 15 is 0 Å². The van der Waals surface area contributed by atoms with E-state index in [4.69, 9.17) is 5.11 Å². The topological polar surface area (TPSA) is 40.5 Å². The Balaban J connectivity index is 0. The van der Waals surface area contributed by atoms with Crippen LogP contribution in [0.2, 0.25) is 0 Å². The van der Waals surface area contributed by atoms with E-state index in [1.807, 2.05) is 13.8 Å². The number of carboxylic acid groups (broad SMARTS) is 1. The molecule has 0 bridgehead atoms. The van der Waals surface area contributed by atoms with Crippen LogP contribution in [0, 0.1) is 0 Å². The summed E-state index contributed by atoms with van der Waals surface area (Å²) in [6, 6.07) is 0. The number of rotatable bonds is 2. The van der Waals surface area contributed by atoms with Crippen molar-refractivity contribution in [2.45, 2.75) is 13.8 Å². The third-order valence-electron chi connectivity index (χ3n) is 1.03. The maximum absolute atomic E-state index is 10.1. The molecule has 0 saturated heterocycles. The van der Waals surface area contributed by atoms with Crippen LogP contribution in [0.5, 0.6) is 0 Å². The third-order valence-corrected chi connectivity index (χ3v) is 1.03. The Kier molecular flexibility index (Phi) is 7.61.